The fraction of sp³-hybridized carbons (Fsp3) is 0.364. The molecule has 1 aromatic heterocycles. The first kappa shape index (κ1) is 11.5. The second kappa shape index (κ2) is 4.50. The fourth-order valence-corrected chi connectivity index (χ4v) is 1.88. The number of rotatable bonds is 3. The molecular weight excluding hydrogens is 220 g/mol. The number of hydrogen-bond donors (Lipinski definition) is 2. The summed E-state index contributed by atoms with van der Waals surface area (Å²) < 4.78 is 0. The Balaban J connectivity index is 2.21. The van der Waals surface area contributed by atoms with Crippen LogP contribution in [0.5, 0.6) is 0 Å². The molecule has 6 nitrogen and oxygen atoms in total. The Labute approximate surface area is 98.8 Å². The number of carbonyl (C=O) groups is 2. The summed E-state index contributed by atoms with van der Waals surface area (Å²) in [5.41, 5.74) is 3.18. The first-order valence-electron chi connectivity index (χ1n) is 5.38. The maximum atomic E-state index is 11.8. The fourth-order valence-electron chi connectivity index (χ4n) is 1.88. The summed E-state index contributed by atoms with van der Waals surface area (Å²) in [4.78, 5) is 28.7. The molecule has 6 heteroatoms. The second-order valence-electron chi connectivity index (χ2n) is 4.08. The highest BCUT2D eigenvalue weighted by Gasteiger charge is 2.35. The van der Waals surface area contributed by atoms with Crippen LogP contribution in [0.2, 0.25) is 0 Å². The number of hydrazine groups is 1. The maximum Gasteiger partial charge on any atom is 0.232 e. The van der Waals surface area contributed by atoms with Gasteiger partial charge in [0.05, 0.1) is 6.54 Å². The topological polar surface area (TPSA) is 88.3 Å². The molecule has 0 aliphatic carbocycles. The van der Waals surface area contributed by atoms with E-state index in [1.165, 1.54) is 4.90 Å². The van der Waals surface area contributed by atoms with Crippen molar-refractivity contribution in [3.05, 3.63) is 23.9 Å². The lowest BCUT2D eigenvalue weighted by Crippen LogP contribution is -2.30. The van der Waals surface area contributed by atoms with E-state index in [0.29, 0.717) is 5.82 Å². The number of likely N-dealkylation sites (tertiary alicyclic amines) is 1. The van der Waals surface area contributed by atoms with Crippen LogP contribution in [0.15, 0.2) is 18.3 Å². The first-order chi connectivity index (χ1) is 8.13. The van der Waals surface area contributed by atoms with Crippen molar-refractivity contribution in [1.82, 2.24) is 9.88 Å². The van der Waals surface area contributed by atoms with Gasteiger partial charge < -0.3 is 5.43 Å². The highest BCUT2D eigenvalue weighted by Crippen LogP contribution is 2.22. The standard InChI is InChI=1S/C11H14N4O2/c1-7-5-9(16)15(11(7)17)6-8-3-2-4-13-10(8)14-12/h2-4,7H,5-6,12H2,1H3,(H,13,14). The van der Waals surface area contributed by atoms with Crippen molar-refractivity contribution < 1.29 is 9.59 Å². The highest BCUT2D eigenvalue weighted by atomic mass is 16.2. The molecule has 0 saturated carbocycles. The van der Waals surface area contributed by atoms with E-state index in [4.69, 9.17) is 5.84 Å². The average molecular weight is 234 g/mol. The molecule has 2 rings (SSSR count). The molecule has 1 fully saturated rings. The maximum absolute atomic E-state index is 11.8. The predicted molar refractivity (Wildman–Crippen MR) is 61.4 cm³/mol. The van der Waals surface area contributed by atoms with E-state index in [9.17, 15) is 9.59 Å². The van der Waals surface area contributed by atoms with Gasteiger partial charge in [-0.05, 0) is 6.07 Å². The van der Waals surface area contributed by atoms with Crippen molar-refractivity contribution in [2.24, 2.45) is 11.8 Å². The van der Waals surface area contributed by atoms with Crippen LogP contribution in [-0.4, -0.2) is 21.7 Å². The minimum atomic E-state index is -0.228. The Morgan fingerprint density at radius 1 is 1.59 bits per heavy atom. The van der Waals surface area contributed by atoms with Gasteiger partial charge in [-0.3, -0.25) is 14.5 Å². The SMILES string of the molecule is CC1CC(=O)N(Cc2cccnc2NN)C1=O. The Morgan fingerprint density at radius 2 is 2.35 bits per heavy atom. The van der Waals surface area contributed by atoms with Gasteiger partial charge >= 0.3 is 0 Å². The van der Waals surface area contributed by atoms with Gasteiger partial charge in [-0.2, -0.15) is 0 Å². The van der Waals surface area contributed by atoms with E-state index < -0.39 is 0 Å². The third kappa shape index (κ3) is 2.12. The minimum Gasteiger partial charge on any atom is -0.308 e. The van der Waals surface area contributed by atoms with Crippen LogP contribution >= 0.6 is 0 Å². The quantitative estimate of drug-likeness (QED) is 0.445. The monoisotopic (exact) mass is 234 g/mol. The lowest BCUT2D eigenvalue weighted by Gasteiger charge is -2.16. The number of hydrogen-bond acceptors (Lipinski definition) is 5. The summed E-state index contributed by atoms with van der Waals surface area (Å²) in [6.07, 6.45) is 1.87. The van der Waals surface area contributed by atoms with Gasteiger partial charge in [-0.15, -0.1) is 0 Å². The molecule has 2 amide bonds. The minimum absolute atomic E-state index is 0.137. The van der Waals surface area contributed by atoms with Crippen molar-refractivity contribution in [3.63, 3.8) is 0 Å². The number of nitrogens with one attached hydrogen (secondary N) is 1. The summed E-state index contributed by atoms with van der Waals surface area (Å²) in [5.74, 6) is 5.29. The molecule has 90 valence electrons. The van der Waals surface area contributed by atoms with Crippen LogP contribution in [0, 0.1) is 5.92 Å². The molecule has 0 radical (unpaired) electrons. The second-order valence-corrected chi connectivity index (χ2v) is 4.08. The van der Waals surface area contributed by atoms with Gasteiger partial charge in [0, 0.05) is 24.1 Å². The van der Waals surface area contributed by atoms with Gasteiger partial charge in [0.25, 0.3) is 0 Å². The largest absolute Gasteiger partial charge is 0.308 e. The third-order valence-corrected chi connectivity index (χ3v) is 2.83. The normalized spacial score (nSPS) is 19.9. The van der Waals surface area contributed by atoms with Crippen LogP contribution < -0.4 is 11.3 Å². The van der Waals surface area contributed by atoms with Crippen molar-refractivity contribution in [1.29, 1.82) is 0 Å². The molecule has 2 heterocycles. The lowest BCUT2D eigenvalue weighted by molar-refractivity contribution is -0.139. The number of imide groups is 1. The zero-order valence-corrected chi connectivity index (χ0v) is 9.51. The van der Waals surface area contributed by atoms with E-state index in [1.54, 1.807) is 25.3 Å². The van der Waals surface area contributed by atoms with Crippen LogP contribution in [0.3, 0.4) is 0 Å². The molecule has 1 aromatic rings. The highest BCUT2D eigenvalue weighted by molar-refractivity contribution is 6.03. The Morgan fingerprint density at radius 3 is 2.94 bits per heavy atom. The number of amides is 2. The molecule has 0 spiro atoms. The molecular formula is C11H14N4O2. The Hall–Kier alpha value is -1.95. The van der Waals surface area contributed by atoms with Gasteiger partial charge in [0.2, 0.25) is 11.8 Å². The van der Waals surface area contributed by atoms with Gasteiger partial charge in [0.15, 0.2) is 0 Å². The van der Waals surface area contributed by atoms with Crippen LogP contribution in [0.25, 0.3) is 0 Å². The Kier molecular flexibility index (Phi) is 3.06. The zero-order valence-electron chi connectivity index (χ0n) is 9.51. The molecule has 1 aliphatic heterocycles. The lowest BCUT2D eigenvalue weighted by atomic mass is 10.1. The smallest absolute Gasteiger partial charge is 0.232 e. The number of nitrogens with two attached hydrogens (primary N) is 1. The summed E-state index contributed by atoms with van der Waals surface area (Å²) in [7, 11) is 0. The number of carbonyl (C=O) groups excluding carboxylic acids is 2. The van der Waals surface area contributed by atoms with E-state index >= 15 is 0 Å². The van der Waals surface area contributed by atoms with Gasteiger partial charge in [-0.1, -0.05) is 13.0 Å². The molecule has 1 aliphatic rings. The number of nitrogen functional groups attached to an aromatic ring is 1. The Bertz CT molecular complexity index is 461. The van der Waals surface area contributed by atoms with Crippen molar-refractivity contribution in [2.45, 2.75) is 19.9 Å². The molecule has 17 heavy (non-hydrogen) atoms. The third-order valence-electron chi connectivity index (χ3n) is 2.83. The number of aromatic nitrogens is 1. The summed E-state index contributed by atoms with van der Waals surface area (Å²) in [6.45, 7) is 1.97. The van der Waals surface area contributed by atoms with Gasteiger partial charge in [0.1, 0.15) is 5.82 Å². The number of anilines is 1. The van der Waals surface area contributed by atoms with E-state index in [2.05, 4.69) is 10.4 Å². The van der Waals surface area contributed by atoms with E-state index in [1.807, 2.05) is 0 Å². The van der Waals surface area contributed by atoms with Crippen molar-refractivity contribution in [2.75, 3.05) is 5.43 Å². The van der Waals surface area contributed by atoms with E-state index in [-0.39, 0.29) is 30.7 Å². The number of nitrogens with zero attached hydrogens (tertiary/aromatic N) is 2. The van der Waals surface area contributed by atoms with Crippen LogP contribution in [0.4, 0.5) is 5.82 Å². The van der Waals surface area contributed by atoms with Crippen molar-refractivity contribution >= 4 is 17.6 Å². The first-order valence-corrected chi connectivity index (χ1v) is 5.38. The molecule has 0 bridgehead atoms. The van der Waals surface area contributed by atoms with Gasteiger partial charge in [-0.25, -0.2) is 10.8 Å². The van der Waals surface area contributed by atoms with Crippen molar-refractivity contribution in [3.8, 4) is 0 Å². The summed E-state index contributed by atoms with van der Waals surface area (Å²) in [5, 5.41) is 0. The molecule has 3 N–H and O–H groups in total. The van der Waals surface area contributed by atoms with Crippen LogP contribution in [-0.2, 0) is 16.1 Å². The molecule has 1 saturated heterocycles. The van der Waals surface area contributed by atoms with Crippen LogP contribution in [0.1, 0.15) is 18.9 Å². The molecule has 1 unspecified atom stereocenters. The molecule has 1 atom stereocenters. The predicted octanol–water partition coefficient (Wildman–Crippen LogP) is 0.262. The summed E-state index contributed by atoms with van der Waals surface area (Å²) in [6, 6.07) is 3.52. The zero-order chi connectivity index (χ0) is 12.4. The summed E-state index contributed by atoms with van der Waals surface area (Å²) >= 11 is 0. The van der Waals surface area contributed by atoms with E-state index in [0.717, 1.165) is 5.56 Å². The molecule has 0 aromatic carbocycles. The average Bonchev–Trinajstić information content (AvgIpc) is 2.57. The number of pyridine rings is 1.